The van der Waals surface area contributed by atoms with Gasteiger partial charge in [0.15, 0.2) is 0 Å². The van der Waals surface area contributed by atoms with Crippen LogP contribution in [0.2, 0.25) is 0 Å². The van der Waals surface area contributed by atoms with Crippen LogP contribution in [0.5, 0.6) is 0 Å². The second-order valence-electron chi connectivity index (χ2n) is 8.98. The van der Waals surface area contributed by atoms with Crippen molar-refractivity contribution < 1.29 is 19.1 Å². The minimum absolute atomic E-state index is 0.169. The molecule has 6 nitrogen and oxygen atoms in total. The quantitative estimate of drug-likeness (QED) is 0.242. The average molecular weight is 537 g/mol. The topological polar surface area (TPSA) is 84.5 Å². The van der Waals surface area contributed by atoms with E-state index in [1.807, 2.05) is 49.4 Å². The van der Waals surface area contributed by atoms with Crippen LogP contribution >= 0.6 is 23.1 Å². The van der Waals surface area contributed by atoms with E-state index in [0.717, 1.165) is 48.1 Å². The van der Waals surface area contributed by atoms with Crippen molar-refractivity contribution in [3.8, 4) is 0 Å². The van der Waals surface area contributed by atoms with E-state index in [9.17, 15) is 14.4 Å². The highest BCUT2D eigenvalue weighted by molar-refractivity contribution is 8.00. The van der Waals surface area contributed by atoms with Gasteiger partial charge in [-0.1, -0.05) is 37.1 Å². The Labute approximate surface area is 226 Å². The highest BCUT2D eigenvalue weighted by Crippen LogP contribution is 2.38. The van der Waals surface area contributed by atoms with E-state index in [1.165, 1.54) is 34.4 Å². The first-order valence-electron chi connectivity index (χ1n) is 12.7. The van der Waals surface area contributed by atoms with Crippen molar-refractivity contribution in [3.05, 3.63) is 75.7 Å². The molecule has 37 heavy (non-hydrogen) atoms. The maximum atomic E-state index is 12.9. The zero-order valence-electron chi connectivity index (χ0n) is 21.2. The van der Waals surface area contributed by atoms with Crippen LogP contribution < -0.4 is 10.6 Å². The van der Waals surface area contributed by atoms with Crippen LogP contribution in [0, 0.1) is 6.92 Å². The molecule has 1 aliphatic carbocycles. The average Bonchev–Trinajstić information content (AvgIpc) is 3.19. The van der Waals surface area contributed by atoms with E-state index in [2.05, 4.69) is 10.6 Å². The summed E-state index contributed by atoms with van der Waals surface area (Å²) in [6, 6.07) is 14.9. The first-order valence-corrected chi connectivity index (χ1v) is 14.5. The molecule has 3 aromatic rings. The van der Waals surface area contributed by atoms with Crippen LogP contribution in [-0.2, 0) is 22.4 Å². The molecule has 0 unspecified atom stereocenters. The fourth-order valence-electron chi connectivity index (χ4n) is 4.43. The van der Waals surface area contributed by atoms with Gasteiger partial charge in [-0.15, -0.1) is 23.1 Å². The van der Waals surface area contributed by atoms with Crippen molar-refractivity contribution in [1.82, 2.24) is 0 Å². The summed E-state index contributed by atoms with van der Waals surface area (Å²) in [6.07, 6.45) is 6.24. The van der Waals surface area contributed by atoms with Crippen LogP contribution in [0.15, 0.2) is 53.4 Å². The molecule has 0 aliphatic heterocycles. The van der Waals surface area contributed by atoms with Crippen molar-refractivity contribution in [2.24, 2.45) is 0 Å². The van der Waals surface area contributed by atoms with E-state index in [0.29, 0.717) is 28.4 Å². The number of aryl methyl sites for hydroxylation is 2. The predicted molar refractivity (Wildman–Crippen MR) is 151 cm³/mol. The molecule has 1 aromatic heterocycles. The number of esters is 1. The van der Waals surface area contributed by atoms with Crippen molar-refractivity contribution in [2.45, 2.75) is 57.3 Å². The van der Waals surface area contributed by atoms with Gasteiger partial charge in [-0.25, -0.2) is 4.79 Å². The number of anilines is 2. The predicted octanol–water partition coefficient (Wildman–Crippen LogP) is 6.88. The monoisotopic (exact) mass is 536 g/mol. The van der Waals surface area contributed by atoms with Crippen LogP contribution in [0.3, 0.4) is 0 Å². The van der Waals surface area contributed by atoms with Gasteiger partial charge in [0.25, 0.3) is 5.91 Å². The third-order valence-corrected chi connectivity index (χ3v) is 8.46. The number of hydrogen-bond donors (Lipinski definition) is 2. The van der Waals surface area contributed by atoms with Crippen LogP contribution in [0.1, 0.15) is 69.3 Å². The molecule has 0 saturated heterocycles. The highest BCUT2D eigenvalue weighted by Gasteiger charge is 2.26. The summed E-state index contributed by atoms with van der Waals surface area (Å²) in [7, 11) is 0. The van der Waals surface area contributed by atoms with E-state index in [1.54, 1.807) is 13.0 Å². The van der Waals surface area contributed by atoms with E-state index in [-0.39, 0.29) is 23.5 Å². The summed E-state index contributed by atoms with van der Waals surface area (Å²) < 4.78 is 5.34. The van der Waals surface area contributed by atoms with Crippen molar-refractivity contribution in [2.75, 3.05) is 23.0 Å². The molecule has 8 heteroatoms. The fraction of sp³-hybridized carbons (Fsp3) is 0.345. The number of nitrogens with one attached hydrogen (secondary N) is 2. The minimum atomic E-state index is -0.361. The molecule has 194 valence electrons. The number of hydrogen-bond acceptors (Lipinski definition) is 6. The lowest BCUT2D eigenvalue weighted by Gasteiger charge is -2.11. The number of amides is 2. The van der Waals surface area contributed by atoms with E-state index >= 15 is 0 Å². The van der Waals surface area contributed by atoms with E-state index < -0.39 is 0 Å². The zero-order valence-corrected chi connectivity index (χ0v) is 22.9. The molecular weight excluding hydrogens is 504 g/mol. The summed E-state index contributed by atoms with van der Waals surface area (Å²) in [5.41, 5.74) is 3.78. The Bertz CT molecular complexity index is 1280. The minimum Gasteiger partial charge on any atom is -0.462 e. The number of thioether (sulfide) groups is 1. The van der Waals surface area contributed by atoms with Gasteiger partial charge in [-0.05, 0) is 74.9 Å². The number of benzene rings is 2. The number of carbonyl (C=O) groups excluding carboxylic acids is 3. The van der Waals surface area contributed by atoms with Crippen LogP contribution in [0.25, 0.3) is 0 Å². The standard InChI is InChI=1S/C29H32N2O4S2/c1-3-35-29(34)26-23-15-6-4-5-7-16-24(23)37-28(26)31-25(32)18-36-21-13-10-12-20(17-21)30-27(33)22-14-9-8-11-19(22)2/h8-14,17H,3-7,15-16,18H2,1-2H3,(H,30,33)(H,31,32). The second kappa shape index (κ2) is 12.9. The zero-order chi connectivity index (χ0) is 26.2. The Morgan fingerprint density at radius 1 is 0.973 bits per heavy atom. The summed E-state index contributed by atoms with van der Waals surface area (Å²) in [6.45, 7) is 3.99. The molecule has 1 aliphatic rings. The third-order valence-electron chi connectivity index (χ3n) is 6.26. The summed E-state index contributed by atoms with van der Waals surface area (Å²) in [4.78, 5) is 40.4. The molecule has 2 aromatic carbocycles. The van der Waals surface area contributed by atoms with Gasteiger partial charge in [-0.3, -0.25) is 9.59 Å². The van der Waals surface area contributed by atoms with Gasteiger partial charge in [0.1, 0.15) is 5.00 Å². The Balaban J connectivity index is 1.42. The highest BCUT2D eigenvalue weighted by atomic mass is 32.2. The molecule has 0 bridgehead atoms. The van der Waals surface area contributed by atoms with Crippen molar-refractivity contribution in [3.63, 3.8) is 0 Å². The lowest BCUT2D eigenvalue weighted by atomic mass is 9.96. The van der Waals surface area contributed by atoms with Gasteiger partial charge in [-0.2, -0.15) is 0 Å². The first kappa shape index (κ1) is 26.9. The lowest BCUT2D eigenvalue weighted by molar-refractivity contribution is -0.113. The number of rotatable bonds is 8. The molecular formula is C29H32N2O4S2. The van der Waals surface area contributed by atoms with Crippen molar-refractivity contribution in [1.29, 1.82) is 0 Å². The summed E-state index contributed by atoms with van der Waals surface area (Å²) >= 11 is 2.89. The summed E-state index contributed by atoms with van der Waals surface area (Å²) in [5.74, 6) is -0.530. The molecule has 4 rings (SSSR count). The molecule has 0 spiro atoms. The number of carbonyl (C=O) groups is 3. The van der Waals surface area contributed by atoms with Gasteiger partial charge >= 0.3 is 5.97 Å². The SMILES string of the molecule is CCOC(=O)c1c(NC(=O)CSc2cccc(NC(=O)c3ccccc3C)c2)sc2c1CCCCCC2. The second-order valence-corrected chi connectivity index (χ2v) is 11.1. The molecule has 2 amide bonds. The van der Waals surface area contributed by atoms with Gasteiger partial charge < -0.3 is 15.4 Å². The normalized spacial score (nSPS) is 13.1. The molecule has 0 atom stereocenters. The number of thiophene rings is 1. The van der Waals surface area contributed by atoms with Gasteiger partial charge in [0.05, 0.1) is 17.9 Å². The maximum absolute atomic E-state index is 12.9. The molecule has 2 N–H and O–H groups in total. The number of fused-ring (bicyclic) bond motifs is 1. The molecule has 0 fully saturated rings. The van der Waals surface area contributed by atoms with E-state index in [4.69, 9.17) is 4.74 Å². The lowest BCUT2D eigenvalue weighted by Crippen LogP contribution is -2.17. The Kier molecular flexibility index (Phi) is 9.41. The first-order chi connectivity index (χ1) is 18.0. The van der Waals surface area contributed by atoms with Crippen molar-refractivity contribution >= 4 is 51.6 Å². The molecule has 0 radical (unpaired) electrons. The summed E-state index contributed by atoms with van der Waals surface area (Å²) in [5, 5.41) is 6.51. The third kappa shape index (κ3) is 7.02. The Morgan fingerprint density at radius 2 is 1.76 bits per heavy atom. The molecule has 0 saturated carbocycles. The molecule has 1 heterocycles. The fourth-order valence-corrected chi connectivity index (χ4v) is 6.48. The van der Waals surface area contributed by atoms with Gasteiger partial charge in [0, 0.05) is 21.0 Å². The van der Waals surface area contributed by atoms with Crippen LogP contribution in [0.4, 0.5) is 10.7 Å². The Hall–Kier alpha value is -3.10. The van der Waals surface area contributed by atoms with Crippen LogP contribution in [-0.4, -0.2) is 30.1 Å². The maximum Gasteiger partial charge on any atom is 0.341 e. The van der Waals surface area contributed by atoms with Gasteiger partial charge in [0.2, 0.25) is 5.91 Å². The number of ether oxygens (including phenoxy) is 1. The largest absolute Gasteiger partial charge is 0.462 e. The smallest absolute Gasteiger partial charge is 0.341 e. The Morgan fingerprint density at radius 3 is 2.54 bits per heavy atom.